The van der Waals surface area contributed by atoms with E-state index in [-0.39, 0.29) is 5.60 Å². The first-order chi connectivity index (χ1) is 9.80. The van der Waals surface area contributed by atoms with Crippen LogP contribution in [0.25, 0.3) is 0 Å². The predicted molar refractivity (Wildman–Crippen MR) is 84.3 cm³/mol. The van der Waals surface area contributed by atoms with E-state index in [0.717, 1.165) is 18.7 Å². The van der Waals surface area contributed by atoms with Crippen molar-refractivity contribution in [2.45, 2.75) is 63.1 Å². The first kappa shape index (κ1) is 14.4. The van der Waals surface area contributed by atoms with Crippen LogP contribution in [0.4, 0.5) is 0 Å². The second-order valence-electron chi connectivity index (χ2n) is 6.61. The quantitative estimate of drug-likeness (QED) is 0.697. The lowest BCUT2D eigenvalue weighted by Gasteiger charge is -2.25. The Kier molecular flexibility index (Phi) is 4.68. The minimum absolute atomic E-state index is 0.258. The third kappa shape index (κ3) is 3.38. The van der Waals surface area contributed by atoms with Gasteiger partial charge in [-0.05, 0) is 50.0 Å². The molecule has 2 aliphatic rings. The van der Waals surface area contributed by atoms with Gasteiger partial charge in [0, 0.05) is 5.88 Å². The molecular weight excluding hydrogens is 268 g/mol. The van der Waals surface area contributed by atoms with Crippen LogP contribution in [-0.2, 0) is 11.2 Å². The molecule has 1 saturated carbocycles. The van der Waals surface area contributed by atoms with Crippen LogP contribution in [0.15, 0.2) is 30.3 Å². The molecule has 0 N–H and O–H groups in total. The number of hydrogen-bond acceptors (Lipinski definition) is 1. The zero-order valence-electron chi connectivity index (χ0n) is 12.2. The van der Waals surface area contributed by atoms with Crippen molar-refractivity contribution in [3.63, 3.8) is 0 Å². The van der Waals surface area contributed by atoms with Crippen LogP contribution < -0.4 is 0 Å². The van der Waals surface area contributed by atoms with Crippen LogP contribution in [-0.4, -0.2) is 17.6 Å². The monoisotopic (exact) mass is 292 g/mol. The first-order valence-corrected chi connectivity index (χ1v) is 8.61. The molecule has 0 bridgehead atoms. The largest absolute Gasteiger partial charge is 0.372 e. The Balaban J connectivity index is 1.53. The van der Waals surface area contributed by atoms with Crippen molar-refractivity contribution >= 4 is 11.6 Å². The summed E-state index contributed by atoms with van der Waals surface area (Å²) in [5, 5.41) is 0. The number of halogens is 1. The lowest BCUT2D eigenvalue weighted by atomic mass is 9.93. The van der Waals surface area contributed by atoms with Crippen LogP contribution in [0.3, 0.4) is 0 Å². The van der Waals surface area contributed by atoms with Gasteiger partial charge in [-0.25, -0.2) is 0 Å². The van der Waals surface area contributed by atoms with Gasteiger partial charge in [-0.2, -0.15) is 0 Å². The second-order valence-corrected chi connectivity index (χ2v) is 6.92. The van der Waals surface area contributed by atoms with Crippen molar-refractivity contribution in [2.24, 2.45) is 5.92 Å². The molecule has 2 unspecified atom stereocenters. The molecule has 1 aliphatic carbocycles. The van der Waals surface area contributed by atoms with E-state index in [1.807, 2.05) is 0 Å². The van der Waals surface area contributed by atoms with Crippen molar-refractivity contribution in [1.29, 1.82) is 0 Å². The highest BCUT2D eigenvalue weighted by Gasteiger charge is 2.42. The maximum Gasteiger partial charge on any atom is 0.0687 e. The molecule has 2 fully saturated rings. The molecule has 1 aliphatic heterocycles. The summed E-state index contributed by atoms with van der Waals surface area (Å²) in [4.78, 5) is 0. The van der Waals surface area contributed by atoms with Crippen molar-refractivity contribution in [3.8, 4) is 0 Å². The molecule has 1 spiro atoms. The molecule has 2 heteroatoms. The van der Waals surface area contributed by atoms with Crippen LogP contribution in [0, 0.1) is 5.92 Å². The topological polar surface area (TPSA) is 9.23 Å². The van der Waals surface area contributed by atoms with Crippen molar-refractivity contribution in [3.05, 3.63) is 35.9 Å². The second kappa shape index (κ2) is 6.49. The van der Waals surface area contributed by atoms with Crippen LogP contribution >= 0.6 is 11.6 Å². The average molecular weight is 293 g/mol. The van der Waals surface area contributed by atoms with E-state index < -0.39 is 0 Å². The van der Waals surface area contributed by atoms with E-state index in [2.05, 4.69) is 30.3 Å². The molecule has 1 aromatic rings. The summed E-state index contributed by atoms with van der Waals surface area (Å²) in [6.45, 7) is 0. The fourth-order valence-corrected chi connectivity index (χ4v) is 4.20. The van der Waals surface area contributed by atoms with Gasteiger partial charge in [0.2, 0.25) is 0 Å². The van der Waals surface area contributed by atoms with Crippen LogP contribution in [0.1, 0.15) is 50.5 Å². The minimum atomic E-state index is 0.258. The van der Waals surface area contributed by atoms with Gasteiger partial charge in [0.05, 0.1) is 11.7 Å². The average Bonchev–Trinajstić information content (AvgIpc) is 3.10. The summed E-state index contributed by atoms with van der Waals surface area (Å²) < 4.78 is 6.42. The Morgan fingerprint density at radius 2 is 1.90 bits per heavy atom. The third-order valence-corrected chi connectivity index (χ3v) is 5.47. The zero-order chi connectivity index (χ0) is 13.8. The number of alkyl halides is 1. The molecular formula is C18H25ClO. The molecule has 0 radical (unpaired) electrons. The summed E-state index contributed by atoms with van der Waals surface area (Å²) in [6, 6.07) is 10.7. The lowest BCUT2D eigenvalue weighted by Crippen LogP contribution is -2.26. The van der Waals surface area contributed by atoms with E-state index in [1.165, 1.54) is 44.1 Å². The number of benzene rings is 1. The molecule has 3 rings (SSSR count). The summed E-state index contributed by atoms with van der Waals surface area (Å²) in [7, 11) is 0. The van der Waals surface area contributed by atoms with Gasteiger partial charge in [0.25, 0.3) is 0 Å². The van der Waals surface area contributed by atoms with Gasteiger partial charge < -0.3 is 4.74 Å². The van der Waals surface area contributed by atoms with Crippen molar-refractivity contribution < 1.29 is 4.74 Å². The maximum atomic E-state index is 6.42. The molecule has 1 saturated heterocycles. The predicted octanol–water partition coefficient (Wildman–Crippen LogP) is 4.97. The fourth-order valence-electron chi connectivity index (χ4n) is 3.97. The van der Waals surface area contributed by atoms with Gasteiger partial charge in [0.1, 0.15) is 0 Å². The van der Waals surface area contributed by atoms with E-state index in [0.29, 0.717) is 12.0 Å². The van der Waals surface area contributed by atoms with E-state index in [4.69, 9.17) is 16.3 Å². The Morgan fingerprint density at radius 3 is 2.60 bits per heavy atom. The summed E-state index contributed by atoms with van der Waals surface area (Å²) >= 11 is 6.19. The Hall–Kier alpha value is -0.530. The highest BCUT2D eigenvalue weighted by Crippen LogP contribution is 2.44. The normalized spacial score (nSPS) is 26.1. The first-order valence-electron chi connectivity index (χ1n) is 8.07. The van der Waals surface area contributed by atoms with Gasteiger partial charge in [-0.3, -0.25) is 0 Å². The van der Waals surface area contributed by atoms with E-state index in [9.17, 15) is 0 Å². The molecule has 20 heavy (non-hydrogen) atoms. The molecule has 0 aromatic heterocycles. The molecule has 0 amide bonds. The molecule has 1 heterocycles. The number of rotatable bonds is 5. The molecule has 110 valence electrons. The summed E-state index contributed by atoms with van der Waals surface area (Å²) in [5.74, 6) is 1.28. The molecule has 1 aromatic carbocycles. The fraction of sp³-hybridized carbons (Fsp3) is 0.667. The smallest absolute Gasteiger partial charge is 0.0687 e. The van der Waals surface area contributed by atoms with Gasteiger partial charge in [-0.1, -0.05) is 43.2 Å². The summed E-state index contributed by atoms with van der Waals surface area (Å²) in [6.07, 6.45) is 10.4. The van der Waals surface area contributed by atoms with Gasteiger partial charge in [-0.15, -0.1) is 11.6 Å². The zero-order valence-corrected chi connectivity index (χ0v) is 12.9. The summed E-state index contributed by atoms with van der Waals surface area (Å²) in [5.41, 5.74) is 1.65. The van der Waals surface area contributed by atoms with E-state index in [1.54, 1.807) is 0 Å². The van der Waals surface area contributed by atoms with Gasteiger partial charge in [0.15, 0.2) is 0 Å². The number of hydrogen-bond donors (Lipinski definition) is 0. The van der Waals surface area contributed by atoms with Crippen LogP contribution in [0.2, 0.25) is 0 Å². The maximum absolute atomic E-state index is 6.42. The Labute approximate surface area is 127 Å². The Morgan fingerprint density at radius 1 is 1.15 bits per heavy atom. The van der Waals surface area contributed by atoms with Crippen molar-refractivity contribution in [2.75, 3.05) is 5.88 Å². The van der Waals surface area contributed by atoms with E-state index >= 15 is 0 Å². The Bertz CT molecular complexity index is 411. The SMILES string of the molecule is ClCC(Cc1ccccc1)CC1CCC2(CCCC2)O1. The third-order valence-electron chi connectivity index (χ3n) is 5.04. The standard InChI is InChI=1S/C18H25ClO/c19-14-16(12-15-6-2-1-3-7-15)13-17-8-11-18(20-17)9-4-5-10-18/h1-3,6-7,16-17H,4-5,8-14H2. The lowest BCUT2D eigenvalue weighted by molar-refractivity contribution is -0.0432. The highest BCUT2D eigenvalue weighted by atomic mass is 35.5. The van der Waals surface area contributed by atoms with Crippen molar-refractivity contribution in [1.82, 2.24) is 0 Å². The van der Waals surface area contributed by atoms with Crippen LogP contribution in [0.5, 0.6) is 0 Å². The highest BCUT2D eigenvalue weighted by molar-refractivity contribution is 6.18. The number of ether oxygens (including phenoxy) is 1. The molecule has 2 atom stereocenters. The molecule has 1 nitrogen and oxygen atoms in total. The minimum Gasteiger partial charge on any atom is -0.372 e. The van der Waals surface area contributed by atoms with Gasteiger partial charge >= 0.3 is 0 Å².